The molecule has 1 unspecified atom stereocenters. The highest BCUT2D eigenvalue weighted by Gasteiger charge is 2.27. The molecular weight excluding hydrogens is 394 g/mol. The molecule has 1 heterocycles. The number of fused-ring (bicyclic) bond motifs is 1. The number of rotatable bonds is 7. The van der Waals surface area contributed by atoms with Crippen molar-refractivity contribution in [2.75, 3.05) is 17.4 Å². The van der Waals surface area contributed by atoms with Crippen molar-refractivity contribution in [3.05, 3.63) is 23.3 Å². The molecule has 29 heavy (non-hydrogen) atoms. The fourth-order valence-electron chi connectivity index (χ4n) is 4.10. The molecule has 160 valence electrons. The summed E-state index contributed by atoms with van der Waals surface area (Å²) in [6.07, 6.45) is 4.78. The molecule has 4 N–H and O–H groups in total. The van der Waals surface area contributed by atoms with Crippen molar-refractivity contribution in [3.63, 3.8) is 0 Å². The average molecular weight is 424 g/mol. The summed E-state index contributed by atoms with van der Waals surface area (Å²) in [6, 6.07) is 4.26. The maximum Gasteiger partial charge on any atom is 0.262 e. The van der Waals surface area contributed by atoms with Crippen molar-refractivity contribution in [3.8, 4) is 5.75 Å². The van der Waals surface area contributed by atoms with Crippen molar-refractivity contribution in [2.24, 2.45) is 0 Å². The molecule has 1 aromatic carbocycles. The number of nitrogens with one attached hydrogen (secondary N) is 2. The van der Waals surface area contributed by atoms with E-state index in [0.29, 0.717) is 37.2 Å². The molecule has 8 nitrogen and oxygen atoms in total. The van der Waals surface area contributed by atoms with Gasteiger partial charge >= 0.3 is 0 Å². The Morgan fingerprint density at radius 3 is 2.45 bits per heavy atom. The van der Waals surface area contributed by atoms with Crippen molar-refractivity contribution in [1.82, 2.24) is 10.6 Å². The third-order valence-corrected chi connectivity index (χ3v) is 6.31. The summed E-state index contributed by atoms with van der Waals surface area (Å²) < 4.78 is 22.2. The van der Waals surface area contributed by atoms with Gasteiger partial charge < -0.3 is 15.7 Å². The zero-order valence-corrected chi connectivity index (χ0v) is 17.5. The second kappa shape index (κ2) is 9.80. The van der Waals surface area contributed by atoms with Crippen molar-refractivity contribution in [1.29, 1.82) is 0 Å². The minimum atomic E-state index is -2.37. The maximum atomic E-state index is 11.9. The Hall–Kier alpha value is -1.81. The number of ketones is 2. The van der Waals surface area contributed by atoms with Crippen molar-refractivity contribution in [2.45, 2.75) is 64.1 Å². The van der Waals surface area contributed by atoms with Crippen LogP contribution in [-0.2, 0) is 33.8 Å². The first-order chi connectivity index (χ1) is 13.8. The summed E-state index contributed by atoms with van der Waals surface area (Å²) in [4.78, 5) is 23.0. The summed E-state index contributed by atoms with van der Waals surface area (Å²) in [5, 5.41) is 17.3. The number of hydrogen-bond donors (Lipinski definition) is 4. The molecule has 3 rings (SSSR count). The summed E-state index contributed by atoms with van der Waals surface area (Å²) in [5.41, 5.74) is 1.88. The van der Waals surface area contributed by atoms with Gasteiger partial charge in [-0.1, -0.05) is 6.07 Å². The Bertz CT molecular complexity index is 793. The first-order valence-corrected chi connectivity index (χ1v) is 11.1. The van der Waals surface area contributed by atoms with Crippen LogP contribution >= 0.6 is 0 Å². The average Bonchev–Trinajstić information content (AvgIpc) is 2.85. The van der Waals surface area contributed by atoms with Crippen LogP contribution in [0.4, 0.5) is 5.69 Å². The van der Waals surface area contributed by atoms with E-state index < -0.39 is 11.3 Å². The fraction of sp³-hybridized carbons (Fsp3) is 0.600. The van der Waals surface area contributed by atoms with Crippen LogP contribution in [0.1, 0.15) is 50.2 Å². The van der Waals surface area contributed by atoms with E-state index >= 15 is 0 Å². The number of nitrogens with zero attached hydrogens (tertiary/aromatic N) is 1. The number of carbonyl (C=O) groups excluding carboxylic acids is 2. The van der Waals surface area contributed by atoms with Gasteiger partial charge in [-0.15, -0.1) is 0 Å². The van der Waals surface area contributed by atoms with Gasteiger partial charge in [0.15, 0.2) is 5.78 Å². The number of benzene rings is 1. The second-order valence-corrected chi connectivity index (χ2v) is 8.84. The third kappa shape index (κ3) is 5.85. The monoisotopic (exact) mass is 423 g/mol. The van der Waals surface area contributed by atoms with Crippen molar-refractivity contribution >= 4 is 28.5 Å². The quantitative estimate of drug-likeness (QED) is 0.490. The fourth-order valence-corrected chi connectivity index (χ4v) is 4.72. The molecule has 0 spiro atoms. The Kier molecular flexibility index (Phi) is 7.39. The van der Waals surface area contributed by atoms with Crippen LogP contribution in [0.15, 0.2) is 12.1 Å². The molecule has 0 bridgehead atoms. The predicted octanol–water partition coefficient (Wildman–Crippen LogP) is 1.43. The smallest absolute Gasteiger partial charge is 0.262 e. The lowest BCUT2D eigenvalue weighted by Crippen LogP contribution is -2.41. The number of carbonyl (C=O) groups is 2. The molecule has 1 aromatic rings. The van der Waals surface area contributed by atoms with Gasteiger partial charge in [0.1, 0.15) is 11.5 Å². The first kappa shape index (κ1) is 21.9. The number of hydrogen-bond acceptors (Lipinski definition) is 6. The van der Waals surface area contributed by atoms with Crippen LogP contribution in [-0.4, -0.2) is 50.6 Å². The van der Waals surface area contributed by atoms with Gasteiger partial charge in [-0.2, -0.15) is 0 Å². The second-order valence-electron chi connectivity index (χ2n) is 7.94. The highest BCUT2D eigenvalue weighted by molar-refractivity contribution is 7.80. The topological polar surface area (TPSA) is 119 Å². The minimum Gasteiger partial charge on any atom is -0.506 e. The Balaban J connectivity index is 1.60. The maximum absolute atomic E-state index is 11.9. The van der Waals surface area contributed by atoms with Crippen molar-refractivity contribution < 1.29 is 23.5 Å². The van der Waals surface area contributed by atoms with E-state index in [0.717, 1.165) is 35.6 Å². The predicted molar refractivity (Wildman–Crippen MR) is 111 cm³/mol. The zero-order valence-electron chi connectivity index (χ0n) is 16.6. The lowest BCUT2D eigenvalue weighted by molar-refractivity contribution is -0.117. The molecule has 1 fully saturated rings. The van der Waals surface area contributed by atoms with E-state index in [2.05, 4.69) is 10.6 Å². The summed E-state index contributed by atoms with van der Waals surface area (Å²) in [6.45, 7) is 2.41. The van der Waals surface area contributed by atoms with Crippen LogP contribution in [0.3, 0.4) is 0 Å². The lowest BCUT2D eigenvalue weighted by atomic mass is 9.91. The van der Waals surface area contributed by atoms with Gasteiger partial charge in [0, 0.05) is 25.0 Å². The molecule has 0 radical (unpaired) electrons. The molecule has 1 aliphatic heterocycles. The highest BCUT2D eigenvalue weighted by atomic mass is 32.2. The molecule has 1 aliphatic carbocycles. The van der Waals surface area contributed by atoms with E-state index in [1.807, 2.05) is 6.07 Å². The van der Waals surface area contributed by atoms with Gasteiger partial charge in [-0.25, -0.2) is 4.21 Å². The van der Waals surface area contributed by atoms with Gasteiger partial charge in [-0.05, 0) is 56.2 Å². The normalized spacial score (nSPS) is 23.4. The van der Waals surface area contributed by atoms with Gasteiger partial charge in [0.2, 0.25) is 0 Å². The number of Topliss-reactive ketones (excluding diaryl/α,β-unsaturated/α-hetero) is 2. The van der Waals surface area contributed by atoms with Gasteiger partial charge in [0.25, 0.3) is 11.3 Å². The number of aromatic hydroxyl groups is 1. The Morgan fingerprint density at radius 2 is 1.83 bits per heavy atom. The molecule has 2 aliphatic rings. The minimum absolute atomic E-state index is 0.0754. The molecule has 0 amide bonds. The van der Waals surface area contributed by atoms with Crippen LogP contribution in [0.5, 0.6) is 5.75 Å². The summed E-state index contributed by atoms with van der Waals surface area (Å²) in [7, 11) is 0. The standard InChI is InChI=1S/C20H29N3O5S/c1-13(24)10-21-16-3-5-17(6-4-16)22-11-14-8-15-2-7-18(25)12-23(29(27)28)20(15)19(26)9-14/h8-9,16-17,21-22,26H,2-7,10-12H2,1H3,(H,27,28)/t16-,17-. The van der Waals surface area contributed by atoms with Crippen LogP contribution in [0, 0.1) is 0 Å². The van der Waals surface area contributed by atoms with E-state index in [-0.39, 0.29) is 36.0 Å². The largest absolute Gasteiger partial charge is 0.506 e. The van der Waals surface area contributed by atoms with E-state index in [1.54, 1.807) is 13.0 Å². The van der Waals surface area contributed by atoms with E-state index in [4.69, 9.17) is 0 Å². The molecule has 0 aromatic heterocycles. The van der Waals surface area contributed by atoms with Crippen LogP contribution < -0.4 is 14.9 Å². The van der Waals surface area contributed by atoms with Crippen LogP contribution in [0.25, 0.3) is 0 Å². The number of anilines is 1. The van der Waals surface area contributed by atoms with Crippen LogP contribution in [0.2, 0.25) is 0 Å². The third-order valence-electron chi connectivity index (χ3n) is 5.62. The summed E-state index contributed by atoms with van der Waals surface area (Å²) in [5.74, 6) is -0.0510. The Labute approximate surface area is 173 Å². The molecular formula is C20H29N3O5S. The van der Waals surface area contributed by atoms with Gasteiger partial charge in [0.05, 0.1) is 18.8 Å². The molecule has 9 heteroatoms. The molecule has 1 saturated carbocycles. The highest BCUT2D eigenvalue weighted by Crippen LogP contribution is 2.36. The SMILES string of the molecule is CC(=O)CN[C@H]1CC[C@H](NCc2cc(O)c3c(c2)CCC(=O)CN3S(=O)O)CC1. The van der Waals surface area contributed by atoms with E-state index in [1.165, 1.54) is 0 Å². The lowest BCUT2D eigenvalue weighted by Gasteiger charge is -2.30. The van der Waals surface area contributed by atoms with E-state index in [9.17, 15) is 23.5 Å². The zero-order chi connectivity index (χ0) is 21.0. The number of phenols is 1. The summed E-state index contributed by atoms with van der Waals surface area (Å²) >= 11 is -2.37. The first-order valence-electron chi connectivity index (χ1n) is 10.0. The number of aryl methyl sites for hydroxylation is 1. The number of phenolic OH excluding ortho intramolecular Hbond substituents is 1. The van der Waals surface area contributed by atoms with Gasteiger partial charge in [-0.3, -0.25) is 18.4 Å². The molecule has 1 atom stereocenters. The Morgan fingerprint density at radius 1 is 1.17 bits per heavy atom. The molecule has 0 saturated heterocycles.